The molecule has 2 aromatic carbocycles. The molecule has 3 nitrogen and oxygen atoms in total. The van der Waals surface area contributed by atoms with E-state index >= 15 is 0 Å². The van der Waals surface area contributed by atoms with Crippen molar-refractivity contribution in [3.8, 4) is 0 Å². The Bertz CT molecular complexity index is 777. The molecule has 0 heterocycles. The Labute approximate surface area is 142 Å². The molecule has 0 unspecified atom stereocenters. The first-order valence-electron chi connectivity index (χ1n) is 8.15. The molecule has 0 radical (unpaired) electrons. The van der Waals surface area contributed by atoms with Crippen molar-refractivity contribution in [1.29, 1.82) is 0 Å². The minimum absolute atomic E-state index is 0.166. The lowest BCUT2D eigenvalue weighted by atomic mass is 9.70. The van der Waals surface area contributed by atoms with Gasteiger partial charge < -0.3 is 4.74 Å². The molecule has 3 heteroatoms. The van der Waals surface area contributed by atoms with Crippen LogP contribution in [0.1, 0.15) is 34.8 Å². The second-order valence-electron chi connectivity index (χ2n) is 6.02. The van der Waals surface area contributed by atoms with Crippen LogP contribution in [0.2, 0.25) is 0 Å². The Morgan fingerprint density at radius 2 is 1.83 bits per heavy atom. The topological polar surface area (TPSA) is 43.4 Å². The van der Waals surface area contributed by atoms with Crippen molar-refractivity contribution in [3.05, 3.63) is 83.4 Å². The van der Waals surface area contributed by atoms with Gasteiger partial charge in [0.15, 0.2) is 5.78 Å². The van der Waals surface area contributed by atoms with E-state index in [-0.39, 0.29) is 12.4 Å². The van der Waals surface area contributed by atoms with Crippen LogP contribution in [0.25, 0.3) is 0 Å². The second-order valence-corrected chi connectivity index (χ2v) is 6.02. The van der Waals surface area contributed by atoms with Crippen LogP contribution < -0.4 is 0 Å². The van der Waals surface area contributed by atoms with Gasteiger partial charge in [-0.25, -0.2) is 0 Å². The number of allylic oxidation sites excluding steroid dienone is 1. The molecular weight excluding hydrogens is 300 g/mol. The number of aryl methyl sites for hydroxylation is 1. The third-order valence-corrected chi connectivity index (χ3v) is 4.48. The summed E-state index contributed by atoms with van der Waals surface area (Å²) in [5.41, 5.74) is 1.32. The summed E-state index contributed by atoms with van der Waals surface area (Å²) in [4.78, 5) is 25.8. The molecule has 1 aliphatic rings. The van der Waals surface area contributed by atoms with E-state index in [1.165, 1.54) is 0 Å². The van der Waals surface area contributed by atoms with Crippen molar-refractivity contribution >= 4 is 11.8 Å². The number of fused-ring (bicyclic) bond motifs is 1. The van der Waals surface area contributed by atoms with E-state index < -0.39 is 11.4 Å². The highest BCUT2D eigenvalue weighted by Gasteiger charge is 2.47. The predicted octanol–water partition coefficient (Wildman–Crippen LogP) is 4.12. The summed E-state index contributed by atoms with van der Waals surface area (Å²) in [6, 6.07) is 17.0. The van der Waals surface area contributed by atoms with Gasteiger partial charge in [-0.1, -0.05) is 66.7 Å². The summed E-state index contributed by atoms with van der Waals surface area (Å²) in [7, 11) is 0. The zero-order valence-corrected chi connectivity index (χ0v) is 13.7. The SMILES string of the molecule is C/C=C/[C@@]1(C(=O)OCc2ccccc2)CCc2ccccc2C1=O. The molecular formula is C21H20O3. The van der Waals surface area contributed by atoms with Crippen molar-refractivity contribution in [2.75, 3.05) is 0 Å². The first-order chi connectivity index (χ1) is 11.7. The third-order valence-electron chi connectivity index (χ3n) is 4.48. The molecule has 0 N–H and O–H groups in total. The number of esters is 1. The molecule has 2 aromatic rings. The second kappa shape index (κ2) is 6.83. The molecule has 122 valence electrons. The van der Waals surface area contributed by atoms with Gasteiger partial charge in [-0.05, 0) is 30.9 Å². The first kappa shape index (κ1) is 16.2. The third kappa shape index (κ3) is 2.90. The predicted molar refractivity (Wildman–Crippen MR) is 92.6 cm³/mol. The molecule has 0 aliphatic heterocycles. The lowest BCUT2D eigenvalue weighted by Gasteiger charge is -2.32. The maximum absolute atomic E-state index is 13.0. The normalized spacial score (nSPS) is 20.0. The molecule has 1 aliphatic carbocycles. The fraction of sp³-hybridized carbons (Fsp3) is 0.238. The number of rotatable bonds is 4. The molecule has 0 aromatic heterocycles. The van der Waals surface area contributed by atoms with Crippen LogP contribution >= 0.6 is 0 Å². The van der Waals surface area contributed by atoms with E-state index in [0.717, 1.165) is 11.1 Å². The van der Waals surface area contributed by atoms with Crippen LogP contribution in [-0.2, 0) is 22.6 Å². The molecule has 0 amide bonds. The van der Waals surface area contributed by atoms with E-state index in [9.17, 15) is 9.59 Å². The first-order valence-corrected chi connectivity index (χ1v) is 8.15. The Hall–Kier alpha value is -2.68. The number of ketones is 1. The summed E-state index contributed by atoms with van der Waals surface area (Å²) < 4.78 is 5.50. The molecule has 1 atom stereocenters. The van der Waals surface area contributed by atoms with Gasteiger partial charge in [0.2, 0.25) is 0 Å². The van der Waals surface area contributed by atoms with Crippen LogP contribution in [0.3, 0.4) is 0 Å². The highest BCUT2D eigenvalue weighted by molar-refractivity contribution is 6.15. The van der Waals surface area contributed by atoms with Gasteiger partial charge in [0.05, 0.1) is 0 Å². The minimum atomic E-state index is -1.21. The van der Waals surface area contributed by atoms with Crippen molar-refractivity contribution in [1.82, 2.24) is 0 Å². The lowest BCUT2D eigenvalue weighted by Crippen LogP contribution is -2.42. The zero-order valence-electron chi connectivity index (χ0n) is 13.7. The average Bonchev–Trinajstić information content (AvgIpc) is 2.63. The fourth-order valence-electron chi connectivity index (χ4n) is 3.20. The average molecular weight is 320 g/mol. The van der Waals surface area contributed by atoms with E-state index in [1.54, 1.807) is 18.2 Å². The van der Waals surface area contributed by atoms with E-state index in [2.05, 4.69) is 0 Å². The number of Topliss-reactive ketones (excluding diaryl/α,β-unsaturated/α-hetero) is 1. The standard InChI is InChI=1S/C21H20O3/c1-2-13-21(20(23)24-15-16-8-4-3-5-9-16)14-12-17-10-6-7-11-18(17)19(21)22/h2-11,13H,12,14-15H2,1H3/b13-2+/t21-/m1/s1. The van der Waals surface area contributed by atoms with Gasteiger partial charge in [-0.2, -0.15) is 0 Å². The maximum atomic E-state index is 13.0. The molecule has 0 saturated heterocycles. The summed E-state index contributed by atoms with van der Waals surface area (Å²) in [6.45, 7) is 1.99. The number of carbonyl (C=O) groups is 2. The van der Waals surface area contributed by atoms with Crippen molar-refractivity contribution in [3.63, 3.8) is 0 Å². The smallest absolute Gasteiger partial charge is 0.324 e. The largest absolute Gasteiger partial charge is 0.460 e. The van der Waals surface area contributed by atoms with Gasteiger partial charge >= 0.3 is 5.97 Å². The monoisotopic (exact) mass is 320 g/mol. The lowest BCUT2D eigenvalue weighted by molar-refractivity contribution is -0.152. The molecule has 0 saturated carbocycles. The van der Waals surface area contributed by atoms with Crippen LogP contribution in [0.15, 0.2) is 66.7 Å². The maximum Gasteiger partial charge on any atom is 0.324 e. The summed E-state index contributed by atoms with van der Waals surface area (Å²) in [6.07, 6.45) is 4.59. The molecule has 0 spiro atoms. The minimum Gasteiger partial charge on any atom is -0.460 e. The van der Waals surface area contributed by atoms with Crippen LogP contribution in [0.5, 0.6) is 0 Å². The van der Waals surface area contributed by atoms with Crippen molar-refractivity contribution in [2.45, 2.75) is 26.4 Å². The van der Waals surface area contributed by atoms with Crippen molar-refractivity contribution < 1.29 is 14.3 Å². The van der Waals surface area contributed by atoms with Gasteiger partial charge in [-0.3, -0.25) is 9.59 Å². The van der Waals surface area contributed by atoms with E-state index in [4.69, 9.17) is 4.74 Å². The zero-order chi connectivity index (χ0) is 17.0. The number of hydrogen-bond acceptors (Lipinski definition) is 3. The van der Waals surface area contributed by atoms with Gasteiger partial charge in [0.25, 0.3) is 0 Å². The Morgan fingerprint density at radius 3 is 2.58 bits per heavy atom. The Morgan fingerprint density at radius 1 is 1.12 bits per heavy atom. The molecule has 0 fully saturated rings. The molecule has 0 bridgehead atoms. The molecule has 24 heavy (non-hydrogen) atoms. The summed E-state index contributed by atoms with van der Waals surface area (Å²) in [5.74, 6) is -0.635. The van der Waals surface area contributed by atoms with Gasteiger partial charge in [-0.15, -0.1) is 0 Å². The van der Waals surface area contributed by atoms with E-state index in [0.29, 0.717) is 18.4 Å². The highest BCUT2D eigenvalue weighted by atomic mass is 16.5. The summed E-state index contributed by atoms with van der Waals surface area (Å²) in [5, 5.41) is 0. The fourth-order valence-corrected chi connectivity index (χ4v) is 3.20. The summed E-state index contributed by atoms with van der Waals surface area (Å²) >= 11 is 0. The van der Waals surface area contributed by atoms with Gasteiger partial charge in [0, 0.05) is 5.56 Å². The van der Waals surface area contributed by atoms with Crippen molar-refractivity contribution in [2.24, 2.45) is 5.41 Å². The number of hydrogen-bond donors (Lipinski definition) is 0. The Kier molecular flexibility index (Phi) is 4.61. The van der Waals surface area contributed by atoms with Crippen LogP contribution in [0.4, 0.5) is 0 Å². The number of benzene rings is 2. The van der Waals surface area contributed by atoms with Gasteiger partial charge in [0.1, 0.15) is 12.0 Å². The van der Waals surface area contributed by atoms with E-state index in [1.807, 2.05) is 55.5 Å². The molecule has 3 rings (SSSR count). The number of carbonyl (C=O) groups excluding carboxylic acids is 2. The number of ether oxygens (including phenoxy) is 1. The quantitative estimate of drug-likeness (QED) is 0.483. The Balaban J connectivity index is 1.86. The van der Waals surface area contributed by atoms with Crippen LogP contribution in [0, 0.1) is 5.41 Å². The highest BCUT2D eigenvalue weighted by Crippen LogP contribution is 2.38. The van der Waals surface area contributed by atoms with Crippen LogP contribution in [-0.4, -0.2) is 11.8 Å².